The van der Waals surface area contributed by atoms with Crippen LogP contribution in [-0.2, 0) is 36.9 Å². The summed E-state index contributed by atoms with van der Waals surface area (Å²) in [6.45, 7) is 2.70. The predicted molar refractivity (Wildman–Crippen MR) is 192 cm³/mol. The Bertz CT molecular complexity index is 1930. The number of amides is 7. The molecule has 0 bridgehead atoms. The maximum absolute atomic E-state index is 14.0. The van der Waals surface area contributed by atoms with Crippen LogP contribution in [0.5, 0.6) is 0 Å². The number of anilines is 1. The van der Waals surface area contributed by atoms with Crippen LogP contribution in [0.4, 0.5) is 15.3 Å². The van der Waals surface area contributed by atoms with Gasteiger partial charge in [-0.15, -0.1) is 0 Å². The molecule has 0 spiro atoms. The number of benzene rings is 4. The largest absolute Gasteiger partial charge is 0.445 e. The molecule has 0 aliphatic carbocycles. The van der Waals surface area contributed by atoms with E-state index < -0.39 is 53.4 Å². The van der Waals surface area contributed by atoms with Crippen LogP contribution in [-0.4, -0.2) is 71.9 Å². The molecule has 264 valence electrons. The zero-order chi connectivity index (χ0) is 37.1. The molecule has 4 N–H and O–H groups in total. The standard InChI is InChI=1S/C38H40N6O7/c1-25(41-38(50)51-24-28-15-9-6-10-16-28)33(45)40-26(2)34(46)43(4)44(37(39)49)36(48)32(22-19-27-13-7-5-8-14-27)35(47)42(3)31-21-20-29-17-11-12-18-30(29)23-31/h5-18,20-23,25-26H,19,24H2,1-4H3,(H2,39,49)(H,40,45)(H,41,50)/b32-22+/t25-,26-/m0/s1. The first-order chi connectivity index (χ1) is 24.4. The third-order valence-electron chi connectivity index (χ3n) is 7.96. The summed E-state index contributed by atoms with van der Waals surface area (Å²) < 4.78 is 5.14. The van der Waals surface area contributed by atoms with Crippen LogP contribution in [0.15, 0.2) is 115 Å². The molecule has 4 aromatic rings. The summed E-state index contributed by atoms with van der Waals surface area (Å²) in [6.07, 6.45) is 0.673. The molecular weight excluding hydrogens is 652 g/mol. The fourth-order valence-electron chi connectivity index (χ4n) is 5.07. The average molecular weight is 693 g/mol. The van der Waals surface area contributed by atoms with Crippen molar-refractivity contribution >= 4 is 52.2 Å². The number of nitrogens with two attached hydrogens (primary N) is 1. The van der Waals surface area contributed by atoms with Gasteiger partial charge in [0.05, 0.1) is 0 Å². The number of nitrogens with one attached hydrogen (secondary N) is 2. The molecule has 13 nitrogen and oxygen atoms in total. The number of hydrogen-bond acceptors (Lipinski definition) is 7. The molecule has 0 fully saturated rings. The summed E-state index contributed by atoms with van der Waals surface area (Å²) in [5, 5.41) is 7.63. The highest BCUT2D eigenvalue weighted by Gasteiger charge is 2.36. The van der Waals surface area contributed by atoms with Gasteiger partial charge in [0.25, 0.3) is 17.7 Å². The molecule has 0 saturated heterocycles. The molecule has 4 rings (SSSR count). The van der Waals surface area contributed by atoms with Gasteiger partial charge in [-0.2, -0.15) is 5.01 Å². The Hall–Kier alpha value is -6.50. The lowest BCUT2D eigenvalue weighted by Gasteiger charge is -2.32. The number of rotatable bonds is 11. The number of carbonyl (C=O) groups excluding carboxylic acids is 6. The first-order valence-electron chi connectivity index (χ1n) is 16.1. The number of primary amides is 1. The predicted octanol–water partition coefficient (Wildman–Crippen LogP) is 4.07. The Balaban J connectivity index is 1.50. The monoisotopic (exact) mass is 692 g/mol. The van der Waals surface area contributed by atoms with Crippen molar-refractivity contribution in [3.8, 4) is 0 Å². The second kappa shape index (κ2) is 17.2. The maximum Gasteiger partial charge on any atom is 0.408 e. The van der Waals surface area contributed by atoms with Crippen LogP contribution >= 0.6 is 0 Å². The van der Waals surface area contributed by atoms with Crippen molar-refractivity contribution < 1.29 is 33.5 Å². The minimum atomic E-state index is -1.34. The van der Waals surface area contributed by atoms with Gasteiger partial charge in [-0.1, -0.05) is 97.1 Å². The van der Waals surface area contributed by atoms with Gasteiger partial charge in [0.2, 0.25) is 5.91 Å². The maximum atomic E-state index is 14.0. The van der Waals surface area contributed by atoms with Crippen molar-refractivity contribution in [3.05, 3.63) is 126 Å². The smallest absolute Gasteiger partial charge is 0.408 e. The molecule has 51 heavy (non-hydrogen) atoms. The average Bonchev–Trinajstić information content (AvgIpc) is 3.13. The summed E-state index contributed by atoms with van der Waals surface area (Å²) in [6, 6.07) is 27.2. The van der Waals surface area contributed by atoms with E-state index in [1.54, 1.807) is 60.7 Å². The van der Waals surface area contributed by atoms with E-state index in [9.17, 15) is 28.8 Å². The van der Waals surface area contributed by atoms with E-state index in [0.29, 0.717) is 15.7 Å². The van der Waals surface area contributed by atoms with Gasteiger partial charge >= 0.3 is 12.1 Å². The number of fused-ring (bicyclic) bond motifs is 1. The highest BCUT2D eigenvalue weighted by Crippen LogP contribution is 2.23. The minimum Gasteiger partial charge on any atom is -0.445 e. The van der Waals surface area contributed by atoms with E-state index >= 15 is 0 Å². The van der Waals surface area contributed by atoms with E-state index in [1.807, 2.05) is 42.5 Å². The van der Waals surface area contributed by atoms with Gasteiger partial charge in [-0.3, -0.25) is 19.2 Å². The number of nitrogens with zero attached hydrogens (tertiary/aromatic N) is 3. The Labute approximate surface area is 295 Å². The first-order valence-corrected chi connectivity index (χ1v) is 16.1. The lowest BCUT2D eigenvalue weighted by Crippen LogP contribution is -2.59. The van der Waals surface area contributed by atoms with E-state index in [2.05, 4.69) is 10.6 Å². The van der Waals surface area contributed by atoms with Crippen LogP contribution in [0.3, 0.4) is 0 Å². The van der Waals surface area contributed by atoms with Crippen LogP contribution in [0, 0.1) is 0 Å². The summed E-state index contributed by atoms with van der Waals surface area (Å²) in [5.41, 5.74) is 7.21. The Morgan fingerprint density at radius 1 is 0.725 bits per heavy atom. The molecule has 13 heteroatoms. The summed E-state index contributed by atoms with van der Waals surface area (Å²) in [7, 11) is 2.60. The molecule has 0 radical (unpaired) electrons. The Morgan fingerprint density at radius 3 is 1.94 bits per heavy atom. The van der Waals surface area contributed by atoms with Crippen molar-refractivity contribution in [3.63, 3.8) is 0 Å². The SMILES string of the molecule is C[C@H](NC(=O)OCc1ccccc1)C(=O)N[C@@H](C)C(=O)N(C)N(C(N)=O)C(=O)/C(=C/Cc1ccccc1)C(=O)N(C)c1ccc2ccccc2c1. The topological polar surface area (TPSA) is 171 Å². The minimum absolute atomic E-state index is 0.0139. The number of carbonyl (C=O) groups is 6. The van der Waals surface area contributed by atoms with Gasteiger partial charge in [0, 0.05) is 19.8 Å². The lowest BCUT2D eigenvalue weighted by atomic mass is 10.1. The molecule has 4 aromatic carbocycles. The number of likely N-dealkylation sites (N-methyl/N-ethyl adjacent to an activating group) is 2. The van der Waals surface area contributed by atoms with E-state index in [-0.39, 0.29) is 13.0 Å². The Morgan fingerprint density at radius 2 is 1.31 bits per heavy atom. The zero-order valence-electron chi connectivity index (χ0n) is 28.7. The molecule has 0 aromatic heterocycles. The summed E-state index contributed by atoms with van der Waals surface area (Å²) in [5.74, 6) is -3.55. The second-order valence-corrected chi connectivity index (χ2v) is 11.7. The fourth-order valence-corrected chi connectivity index (χ4v) is 5.07. The van der Waals surface area contributed by atoms with Crippen molar-refractivity contribution in [2.45, 2.75) is 39.0 Å². The quantitative estimate of drug-likeness (QED) is 0.0920. The molecule has 0 heterocycles. The number of hydrogen-bond donors (Lipinski definition) is 3. The van der Waals surface area contributed by atoms with Crippen molar-refractivity contribution in [2.24, 2.45) is 5.73 Å². The van der Waals surface area contributed by atoms with Gasteiger partial charge in [-0.05, 0) is 54.3 Å². The highest BCUT2D eigenvalue weighted by atomic mass is 16.5. The number of allylic oxidation sites excluding steroid dienone is 1. The third-order valence-corrected chi connectivity index (χ3v) is 7.96. The molecule has 0 aliphatic heterocycles. The molecule has 0 aliphatic rings. The normalized spacial score (nSPS) is 12.2. The molecule has 0 saturated carbocycles. The molecular formula is C38H40N6O7. The van der Waals surface area contributed by atoms with Gasteiger partial charge < -0.3 is 26.0 Å². The lowest BCUT2D eigenvalue weighted by molar-refractivity contribution is -0.154. The fraction of sp³-hybridized carbons (Fsp3) is 0.211. The van der Waals surface area contributed by atoms with Gasteiger partial charge in [0.1, 0.15) is 24.3 Å². The number of ether oxygens (including phenoxy) is 1. The van der Waals surface area contributed by atoms with E-state index in [1.165, 1.54) is 31.9 Å². The van der Waals surface area contributed by atoms with Crippen LogP contribution < -0.4 is 21.3 Å². The number of alkyl carbamates (subject to hydrolysis) is 1. The number of urea groups is 1. The van der Waals surface area contributed by atoms with Crippen LogP contribution in [0.1, 0.15) is 25.0 Å². The summed E-state index contributed by atoms with van der Waals surface area (Å²) >= 11 is 0. The van der Waals surface area contributed by atoms with Crippen molar-refractivity contribution in [2.75, 3.05) is 19.0 Å². The molecule has 2 atom stereocenters. The number of hydrazine groups is 1. The van der Waals surface area contributed by atoms with E-state index in [0.717, 1.165) is 28.9 Å². The third kappa shape index (κ3) is 9.79. The van der Waals surface area contributed by atoms with Gasteiger partial charge in [-0.25, -0.2) is 14.6 Å². The Kier molecular flexibility index (Phi) is 12.6. The van der Waals surface area contributed by atoms with Crippen molar-refractivity contribution in [1.29, 1.82) is 0 Å². The number of imide groups is 1. The zero-order valence-corrected chi connectivity index (χ0v) is 28.7. The molecule has 0 unspecified atom stereocenters. The van der Waals surface area contributed by atoms with Crippen LogP contribution in [0.2, 0.25) is 0 Å². The van der Waals surface area contributed by atoms with Gasteiger partial charge in [0.15, 0.2) is 0 Å². The highest BCUT2D eigenvalue weighted by molar-refractivity contribution is 6.25. The first kappa shape index (κ1) is 37.3. The van der Waals surface area contributed by atoms with E-state index in [4.69, 9.17) is 10.5 Å². The summed E-state index contributed by atoms with van der Waals surface area (Å²) in [4.78, 5) is 80.6. The van der Waals surface area contributed by atoms with Crippen molar-refractivity contribution in [1.82, 2.24) is 20.7 Å². The molecule has 7 amide bonds. The second-order valence-electron chi connectivity index (χ2n) is 11.7. The van der Waals surface area contributed by atoms with Crippen LogP contribution in [0.25, 0.3) is 10.8 Å².